The van der Waals surface area contributed by atoms with E-state index in [1.54, 1.807) is 6.92 Å². The van der Waals surface area contributed by atoms with Gasteiger partial charge in [-0.05, 0) is 13.3 Å². The van der Waals surface area contributed by atoms with Crippen LogP contribution in [0.5, 0.6) is 0 Å². The number of esters is 1. The average molecular weight is 429 g/mol. The highest BCUT2D eigenvalue weighted by molar-refractivity contribution is 5.69. The first-order chi connectivity index (χ1) is 14.6. The normalized spacial score (nSPS) is 11.7. The third-order valence-electron chi connectivity index (χ3n) is 6.13. The Morgan fingerprint density at radius 1 is 0.633 bits per heavy atom. The lowest BCUT2D eigenvalue weighted by Crippen LogP contribution is -2.34. The minimum absolute atomic E-state index is 0.0388. The Kier molecular flexibility index (Phi) is 21.2. The second-order valence-electron chi connectivity index (χ2n) is 9.28. The molecule has 0 saturated carbocycles. The number of carbonyl (C=O) groups is 1. The maximum atomic E-state index is 12.0. The lowest BCUT2D eigenvalue weighted by Gasteiger charge is -2.28. The number of hydrogen-bond acceptors (Lipinski definition) is 4. The second kappa shape index (κ2) is 21.6. The Morgan fingerprint density at radius 3 is 1.30 bits per heavy atom. The van der Waals surface area contributed by atoms with Crippen LogP contribution in [0.15, 0.2) is 0 Å². The van der Waals surface area contributed by atoms with Gasteiger partial charge in [0.1, 0.15) is 5.60 Å². The zero-order valence-corrected chi connectivity index (χ0v) is 20.3. The minimum Gasteiger partial charge on any atom is -0.459 e. The van der Waals surface area contributed by atoms with E-state index in [9.17, 15) is 4.79 Å². The van der Waals surface area contributed by atoms with Gasteiger partial charge in [0.2, 0.25) is 0 Å². The van der Waals surface area contributed by atoms with Gasteiger partial charge in [-0.2, -0.15) is 0 Å². The maximum Gasteiger partial charge on any atom is 0.306 e. The first-order valence-electron chi connectivity index (χ1n) is 13.0. The molecule has 0 aromatic carbocycles. The van der Waals surface area contributed by atoms with Gasteiger partial charge in [-0.15, -0.1) is 0 Å². The maximum absolute atomic E-state index is 12.0. The third kappa shape index (κ3) is 19.4. The monoisotopic (exact) mass is 428 g/mol. The topological polar surface area (TPSA) is 66.8 Å². The fraction of sp³-hybridized carbons (Fsp3) is 0.962. The molecule has 2 N–H and O–H groups in total. The van der Waals surface area contributed by atoms with Gasteiger partial charge in [0.15, 0.2) is 0 Å². The van der Waals surface area contributed by atoms with E-state index < -0.39 is 5.60 Å². The molecule has 0 aliphatic heterocycles. The fourth-order valence-electron chi connectivity index (χ4n) is 4.02. The quantitative estimate of drug-likeness (QED) is 0.135. The van der Waals surface area contributed by atoms with Crippen molar-refractivity contribution in [3.05, 3.63) is 0 Å². The summed E-state index contributed by atoms with van der Waals surface area (Å²) in [5, 5.41) is 18.2. The van der Waals surface area contributed by atoms with Gasteiger partial charge in [0, 0.05) is 32.5 Å². The van der Waals surface area contributed by atoms with E-state index in [1.165, 1.54) is 96.3 Å². The van der Waals surface area contributed by atoms with Gasteiger partial charge in [-0.1, -0.05) is 110 Å². The summed E-state index contributed by atoms with van der Waals surface area (Å²) in [4.78, 5) is 12.0. The van der Waals surface area contributed by atoms with Gasteiger partial charge in [0.05, 0.1) is 0 Å². The number of aliphatic hydroxyl groups excluding tert-OH is 2. The molecule has 0 spiro atoms. The number of rotatable bonds is 23. The molecular formula is C26H52O4. The van der Waals surface area contributed by atoms with Crippen molar-refractivity contribution in [3.8, 4) is 0 Å². The summed E-state index contributed by atoms with van der Waals surface area (Å²) in [5.41, 5.74) is -0.741. The zero-order valence-electron chi connectivity index (χ0n) is 20.3. The van der Waals surface area contributed by atoms with Crippen LogP contribution in [0.2, 0.25) is 0 Å². The van der Waals surface area contributed by atoms with Crippen LogP contribution in [0, 0.1) is 0 Å². The molecule has 0 saturated heterocycles. The van der Waals surface area contributed by atoms with Crippen LogP contribution in [0.4, 0.5) is 0 Å². The highest BCUT2D eigenvalue weighted by atomic mass is 16.6. The molecule has 0 unspecified atom stereocenters. The molecule has 180 valence electrons. The number of aliphatic hydroxyl groups is 2. The summed E-state index contributed by atoms with van der Waals surface area (Å²) in [6.07, 6.45) is 23.7. The molecule has 0 bridgehead atoms. The molecular weight excluding hydrogens is 376 g/mol. The lowest BCUT2D eigenvalue weighted by atomic mass is 9.98. The molecule has 0 rings (SSSR count). The third-order valence-corrected chi connectivity index (χ3v) is 6.13. The van der Waals surface area contributed by atoms with Crippen LogP contribution in [0.25, 0.3) is 0 Å². The Hall–Kier alpha value is -0.610. The summed E-state index contributed by atoms with van der Waals surface area (Å²) >= 11 is 0. The van der Waals surface area contributed by atoms with Gasteiger partial charge in [-0.25, -0.2) is 0 Å². The van der Waals surface area contributed by atoms with Crippen molar-refractivity contribution in [1.29, 1.82) is 0 Å². The summed E-state index contributed by atoms with van der Waals surface area (Å²) in [6, 6.07) is 0. The van der Waals surface area contributed by atoms with Crippen LogP contribution in [-0.2, 0) is 9.53 Å². The number of carbonyl (C=O) groups excluding carboxylic acids is 1. The molecule has 0 radical (unpaired) electrons. The van der Waals surface area contributed by atoms with E-state index in [0.29, 0.717) is 19.3 Å². The van der Waals surface area contributed by atoms with Gasteiger partial charge < -0.3 is 14.9 Å². The molecule has 0 aromatic heterocycles. The molecule has 0 heterocycles. The Labute approximate surface area is 187 Å². The van der Waals surface area contributed by atoms with Crippen molar-refractivity contribution in [2.45, 2.75) is 148 Å². The molecule has 0 atom stereocenters. The molecule has 0 aliphatic carbocycles. The average Bonchev–Trinajstić information content (AvgIpc) is 2.70. The molecule has 0 fully saturated rings. The van der Waals surface area contributed by atoms with Crippen LogP contribution in [0.3, 0.4) is 0 Å². The smallest absolute Gasteiger partial charge is 0.306 e. The SMILES string of the molecule is CCCCCCCCCCCCCCCCCCCC(=O)OC(C)(CCO)CCO. The first-order valence-corrected chi connectivity index (χ1v) is 13.0. The van der Waals surface area contributed by atoms with E-state index in [-0.39, 0.29) is 19.2 Å². The van der Waals surface area contributed by atoms with Crippen LogP contribution in [-0.4, -0.2) is 35.0 Å². The molecule has 30 heavy (non-hydrogen) atoms. The zero-order chi connectivity index (χ0) is 22.3. The van der Waals surface area contributed by atoms with Crippen LogP contribution in [0.1, 0.15) is 142 Å². The Morgan fingerprint density at radius 2 is 0.967 bits per heavy atom. The predicted molar refractivity (Wildman–Crippen MR) is 127 cm³/mol. The molecule has 4 heteroatoms. The first kappa shape index (κ1) is 29.4. The summed E-state index contributed by atoms with van der Waals surface area (Å²) in [6.45, 7) is 3.98. The van der Waals surface area contributed by atoms with Crippen molar-refractivity contribution in [3.63, 3.8) is 0 Å². The Balaban J connectivity index is 3.37. The van der Waals surface area contributed by atoms with E-state index in [0.717, 1.165) is 12.8 Å². The molecule has 0 amide bonds. The van der Waals surface area contributed by atoms with Crippen LogP contribution >= 0.6 is 0 Å². The molecule has 4 nitrogen and oxygen atoms in total. The van der Waals surface area contributed by atoms with E-state index in [2.05, 4.69) is 6.92 Å². The number of ether oxygens (including phenoxy) is 1. The standard InChI is InChI=1S/C26H52O4/c1-3-4-5-6-7-8-9-10-11-12-13-14-15-16-17-18-19-20-25(29)30-26(2,21-23-27)22-24-28/h27-28H,3-24H2,1-2H3. The van der Waals surface area contributed by atoms with Crippen molar-refractivity contribution >= 4 is 5.97 Å². The van der Waals surface area contributed by atoms with Gasteiger partial charge in [-0.3, -0.25) is 4.79 Å². The van der Waals surface area contributed by atoms with Gasteiger partial charge in [0.25, 0.3) is 0 Å². The largest absolute Gasteiger partial charge is 0.459 e. The summed E-state index contributed by atoms with van der Waals surface area (Å²) in [7, 11) is 0. The summed E-state index contributed by atoms with van der Waals surface area (Å²) < 4.78 is 5.49. The molecule has 0 aliphatic rings. The van der Waals surface area contributed by atoms with Crippen molar-refractivity contribution in [1.82, 2.24) is 0 Å². The predicted octanol–water partition coefficient (Wildman–Crippen LogP) is 7.09. The lowest BCUT2D eigenvalue weighted by molar-refractivity contribution is -0.161. The highest BCUT2D eigenvalue weighted by Crippen LogP contribution is 2.21. The minimum atomic E-state index is -0.741. The highest BCUT2D eigenvalue weighted by Gasteiger charge is 2.27. The number of hydrogen-bond donors (Lipinski definition) is 2. The van der Waals surface area contributed by atoms with Crippen molar-refractivity contribution in [2.24, 2.45) is 0 Å². The number of unbranched alkanes of at least 4 members (excludes halogenated alkanes) is 16. The second-order valence-corrected chi connectivity index (χ2v) is 9.28. The van der Waals surface area contributed by atoms with Crippen molar-refractivity contribution in [2.75, 3.05) is 13.2 Å². The van der Waals surface area contributed by atoms with Crippen LogP contribution < -0.4 is 0 Å². The fourth-order valence-corrected chi connectivity index (χ4v) is 4.02. The van der Waals surface area contributed by atoms with Gasteiger partial charge >= 0.3 is 5.97 Å². The van der Waals surface area contributed by atoms with E-state index >= 15 is 0 Å². The van der Waals surface area contributed by atoms with Crippen molar-refractivity contribution < 1.29 is 19.7 Å². The van der Waals surface area contributed by atoms with E-state index in [4.69, 9.17) is 14.9 Å². The Bertz CT molecular complexity index is 364. The van der Waals surface area contributed by atoms with E-state index in [1.807, 2.05) is 0 Å². The summed E-state index contributed by atoms with van der Waals surface area (Å²) in [5.74, 6) is -0.208. The molecule has 0 aromatic rings.